The van der Waals surface area contributed by atoms with Gasteiger partial charge in [-0.1, -0.05) is 72.8 Å². The molecule has 1 amide bonds. The van der Waals surface area contributed by atoms with Crippen LogP contribution in [0.4, 0.5) is 5.88 Å². The minimum absolute atomic E-state index is 0.211. The number of ether oxygens (including phenoxy) is 1. The van der Waals surface area contributed by atoms with Crippen molar-refractivity contribution in [3.05, 3.63) is 135 Å². The molecule has 8 nitrogen and oxygen atoms in total. The Bertz CT molecular complexity index is 1500. The quantitative estimate of drug-likeness (QED) is 0.212. The van der Waals surface area contributed by atoms with E-state index in [1.165, 1.54) is 6.07 Å². The van der Waals surface area contributed by atoms with Gasteiger partial charge in [-0.15, -0.1) is 0 Å². The predicted molar refractivity (Wildman–Crippen MR) is 135 cm³/mol. The molecule has 3 aromatic carbocycles. The highest BCUT2D eigenvalue weighted by Crippen LogP contribution is 2.45. The number of aryl methyl sites for hydroxylation is 1. The molecule has 1 aromatic heterocycles. The molecule has 2 heterocycles. The van der Waals surface area contributed by atoms with E-state index in [-0.39, 0.29) is 11.7 Å². The average molecular weight is 479 g/mol. The first-order chi connectivity index (χ1) is 17.5. The van der Waals surface area contributed by atoms with Crippen LogP contribution >= 0.6 is 0 Å². The molecule has 0 saturated carbocycles. The zero-order valence-electron chi connectivity index (χ0n) is 19.3. The third-order valence-corrected chi connectivity index (χ3v) is 5.92. The Balaban J connectivity index is 1.59. The van der Waals surface area contributed by atoms with Gasteiger partial charge in [-0.3, -0.25) is 14.9 Å². The van der Waals surface area contributed by atoms with E-state index >= 15 is 0 Å². The number of carbonyl (C=O) groups is 1. The number of nitro groups is 1. The maximum Gasteiger partial charge on any atom is 0.433 e. The number of carbonyl (C=O) groups excluding carboxylic acids is 1. The highest BCUT2D eigenvalue weighted by molar-refractivity contribution is 5.96. The molecule has 0 radical (unpaired) electrons. The minimum Gasteiger partial charge on any atom is -0.456 e. The Labute approximate surface area is 206 Å². The van der Waals surface area contributed by atoms with Gasteiger partial charge in [0.25, 0.3) is 0 Å². The smallest absolute Gasteiger partial charge is 0.433 e. The molecule has 1 aliphatic heterocycles. The number of hydrogen-bond donors (Lipinski definition) is 1. The van der Waals surface area contributed by atoms with Crippen molar-refractivity contribution < 1.29 is 18.9 Å². The first-order valence-electron chi connectivity index (χ1n) is 11.2. The molecule has 0 aliphatic carbocycles. The number of hydrazone groups is 1. The number of benzene rings is 3. The average Bonchev–Trinajstić information content (AvgIpc) is 3.40. The van der Waals surface area contributed by atoms with Crippen molar-refractivity contribution in [3.8, 4) is 5.75 Å². The van der Waals surface area contributed by atoms with Crippen LogP contribution in [0.2, 0.25) is 0 Å². The summed E-state index contributed by atoms with van der Waals surface area (Å²) in [5.41, 5.74) is 7.17. The number of furan rings is 1. The van der Waals surface area contributed by atoms with Gasteiger partial charge in [0.05, 0.1) is 12.3 Å². The van der Waals surface area contributed by atoms with Crippen molar-refractivity contribution in [2.24, 2.45) is 5.10 Å². The zero-order valence-corrected chi connectivity index (χ0v) is 19.3. The van der Waals surface area contributed by atoms with Gasteiger partial charge in [0.2, 0.25) is 5.76 Å². The van der Waals surface area contributed by atoms with Gasteiger partial charge in [-0.2, -0.15) is 5.10 Å². The maximum atomic E-state index is 12.5. The van der Waals surface area contributed by atoms with Crippen LogP contribution in [0, 0.1) is 17.0 Å². The number of hydrogen-bond acceptors (Lipinski definition) is 6. The van der Waals surface area contributed by atoms with E-state index in [2.05, 4.69) is 29.6 Å². The zero-order chi connectivity index (χ0) is 25.1. The Morgan fingerprint density at radius 1 is 0.944 bits per heavy atom. The molecule has 0 spiro atoms. The van der Waals surface area contributed by atoms with Gasteiger partial charge in [0, 0.05) is 22.6 Å². The van der Waals surface area contributed by atoms with E-state index in [0.717, 1.165) is 39.6 Å². The molecule has 0 bridgehead atoms. The van der Waals surface area contributed by atoms with E-state index in [1.807, 2.05) is 66.7 Å². The standard InChI is InChI=1S/C28H21N3O5/c1-18-9-5-6-12-20(18)26-21-13-7-8-14-23(21)36-27(19-10-3-2-4-11-19)22(26)17-29-30-28(32)24-15-16-25(35-24)31(33)34/h2-17,26H,1H3,(H,30,32)/b29-17+/t26-/m1/s1. The van der Waals surface area contributed by atoms with Crippen LogP contribution in [0.1, 0.15) is 38.7 Å². The van der Waals surface area contributed by atoms with Gasteiger partial charge in [-0.05, 0) is 30.2 Å². The predicted octanol–water partition coefficient (Wildman–Crippen LogP) is 5.85. The lowest BCUT2D eigenvalue weighted by molar-refractivity contribution is -0.402. The third kappa shape index (κ3) is 4.39. The molecule has 36 heavy (non-hydrogen) atoms. The molecule has 4 aromatic rings. The summed E-state index contributed by atoms with van der Waals surface area (Å²) in [6, 6.07) is 28.0. The van der Waals surface area contributed by atoms with Crippen molar-refractivity contribution in [3.63, 3.8) is 0 Å². The van der Waals surface area contributed by atoms with Crippen LogP contribution in [-0.2, 0) is 0 Å². The molecule has 0 fully saturated rings. The number of nitrogens with one attached hydrogen (secondary N) is 1. The highest BCUT2D eigenvalue weighted by Gasteiger charge is 2.31. The van der Waals surface area contributed by atoms with Gasteiger partial charge in [0.15, 0.2) is 0 Å². The Morgan fingerprint density at radius 2 is 1.64 bits per heavy atom. The molecule has 1 atom stereocenters. The monoisotopic (exact) mass is 479 g/mol. The van der Waals surface area contributed by atoms with Gasteiger partial charge < -0.3 is 9.15 Å². The Morgan fingerprint density at radius 3 is 2.36 bits per heavy atom. The fourth-order valence-corrected chi connectivity index (χ4v) is 4.24. The van der Waals surface area contributed by atoms with Gasteiger partial charge in [-0.25, -0.2) is 5.43 Å². The third-order valence-electron chi connectivity index (χ3n) is 5.92. The Kier molecular flexibility index (Phi) is 6.15. The number of allylic oxidation sites excluding steroid dienone is 1. The van der Waals surface area contributed by atoms with Crippen LogP contribution in [-0.4, -0.2) is 17.0 Å². The largest absolute Gasteiger partial charge is 0.456 e. The van der Waals surface area contributed by atoms with E-state index in [1.54, 1.807) is 6.21 Å². The van der Waals surface area contributed by atoms with Crippen molar-refractivity contribution in [2.45, 2.75) is 12.8 Å². The van der Waals surface area contributed by atoms with E-state index in [9.17, 15) is 14.9 Å². The molecule has 178 valence electrons. The minimum atomic E-state index is -0.708. The van der Waals surface area contributed by atoms with Crippen LogP contribution in [0.5, 0.6) is 5.75 Å². The van der Waals surface area contributed by atoms with Gasteiger partial charge >= 0.3 is 11.8 Å². The van der Waals surface area contributed by atoms with Crippen LogP contribution in [0.15, 0.2) is 106 Å². The molecular formula is C28H21N3O5. The summed E-state index contributed by atoms with van der Waals surface area (Å²) < 4.78 is 11.3. The van der Waals surface area contributed by atoms with E-state index < -0.39 is 16.7 Å². The van der Waals surface area contributed by atoms with Gasteiger partial charge in [0.1, 0.15) is 16.4 Å². The lowest BCUT2D eigenvalue weighted by Crippen LogP contribution is -2.21. The molecule has 0 saturated heterocycles. The normalized spacial score (nSPS) is 14.9. The number of nitrogens with zero attached hydrogens (tertiary/aromatic N) is 2. The van der Waals surface area contributed by atoms with E-state index in [0.29, 0.717) is 5.76 Å². The summed E-state index contributed by atoms with van der Waals surface area (Å²) >= 11 is 0. The number of fused-ring (bicyclic) bond motifs is 1. The fourth-order valence-electron chi connectivity index (χ4n) is 4.24. The lowest BCUT2D eigenvalue weighted by Gasteiger charge is -2.30. The molecule has 1 N–H and O–H groups in total. The highest BCUT2D eigenvalue weighted by atomic mass is 16.6. The maximum absolute atomic E-state index is 12.5. The molecule has 8 heteroatoms. The molecule has 0 unspecified atom stereocenters. The number of rotatable bonds is 6. The first-order valence-corrected chi connectivity index (χ1v) is 11.2. The first kappa shape index (κ1) is 22.8. The van der Waals surface area contributed by atoms with Crippen LogP contribution < -0.4 is 10.2 Å². The van der Waals surface area contributed by atoms with Crippen molar-refractivity contribution in [1.29, 1.82) is 0 Å². The lowest BCUT2D eigenvalue weighted by atomic mass is 9.80. The van der Waals surface area contributed by atoms with Crippen molar-refractivity contribution >= 4 is 23.8 Å². The second-order valence-corrected chi connectivity index (χ2v) is 8.17. The molecule has 5 rings (SSSR count). The SMILES string of the molecule is Cc1ccccc1[C@H]1C(/C=N/NC(=O)c2ccc([N+](=O)[O-])o2)=C(c2ccccc2)Oc2ccccc21. The number of amides is 1. The molecule has 1 aliphatic rings. The van der Waals surface area contributed by atoms with Crippen molar-refractivity contribution in [1.82, 2.24) is 5.43 Å². The second kappa shape index (κ2) is 9.71. The van der Waals surface area contributed by atoms with Crippen LogP contribution in [0.3, 0.4) is 0 Å². The Hall–Kier alpha value is -4.98. The van der Waals surface area contributed by atoms with E-state index in [4.69, 9.17) is 9.15 Å². The summed E-state index contributed by atoms with van der Waals surface area (Å²) in [5.74, 6) is -0.280. The molecular weight excluding hydrogens is 458 g/mol. The summed E-state index contributed by atoms with van der Waals surface area (Å²) in [6.45, 7) is 2.05. The summed E-state index contributed by atoms with van der Waals surface area (Å²) in [6.07, 6.45) is 1.56. The topological polar surface area (TPSA) is 107 Å². The number of para-hydroxylation sites is 1. The summed E-state index contributed by atoms with van der Waals surface area (Å²) in [7, 11) is 0. The van der Waals surface area contributed by atoms with Crippen molar-refractivity contribution in [2.75, 3.05) is 0 Å². The summed E-state index contributed by atoms with van der Waals surface area (Å²) in [5, 5.41) is 15.0. The summed E-state index contributed by atoms with van der Waals surface area (Å²) in [4.78, 5) is 22.6. The van der Waals surface area contributed by atoms with Crippen LogP contribution in [0.25, 0.3) is 5.76 Å². The second-order valence-electron chi connectivity index (χ2n) is 8.17. The fraction of sp³-hybridized carbons (Fsp3) is 0.0714.